The Balaban J connectivity index is 2.76. The molecular formula is C12H7F3N2OS. The van der Waals surface area contributed by atoms with E-state index in [4.69, 9.17) is 5.26 Å². The Hall–Kier alpha value is -2.07. The van der Waals surface area contributed by atoms with Crippen LogP contribution in [0.3, 0.4) is 0 Å². The van der Waals surface area contributed by atoms with Gasteiger partial charge in [0.25, 0.3) is 0 Å². The SMILES string of the molecule is Cc1sncc1-c1cc(C#N)cc(C(F)(F)F)c1O. The Morgan fingerprint density at radius 3 is 2.47 bits per heavy atom. The summed E-state index contributed by atoms with van der Waals surface area (Å²) in [6.07, 6.45) is -3.35. The standard InChI is InChI=1S/C12H7F3N2OS/c1-6-9(5-17-19-6)8-2-7(4-16)3-10(11(8)18)12(13,14)15/h2-3,5,18H,1H3. The molecule has 1 heterocycles. The van der Waals surface area contributed by atoms with E-state index in [-0.39, 0.29) is 11.1 Å². The molecule has 1 aromatic carbocycles. The molecule has 0 radical (unpaired) electrons. The van der Waals surface area contributed by atoms with Gasteiger partial charge in [-0.05, 0) is 30.6 Å². The second-order valence-electron chi connectivity index (χ2n) is 3.83. The summed E-state index contributed by atoms with van der Waals surface area (Å²) in [7, 11) is 0. The molecule has 0 fully saturated rings. The van der Waals surface area contributed by atoms with Crippen molar-refractivity contribution >= 4 is 11.5 Å². The van der Waals surface area contributed by atoms with Crippen molar-refractivity contribution in [3.8, 4) is 22.9 Å². The first kappa shape index (κ1) is 13.4. The van der Waals surface area contributed by atoms with Gasteiger partial charge in [0.2, 0.25) is 0 Å². The van der Waals surface area contributed by atoms with Gasteiger partial charge in [-0.25, -0.2) is 4.37 Å². The zero-order valence-corrected chi connectivity index (χ0v) is 10.4. The van der Waals surface area contributed by atoms with Crippen LogP contribution in [0.25, 0.3) is 11.1 Å². The zero-order chi connectivity index (χ0) is 14.2. The average Bonchev–Trinajstić information content (AvgIpc) is 2.74. The van der Waals surface area contributed by atoms with Crippen LogP contribution in [-0.2, 0) is 6.18 Å². The first-order valence-corrected chi connectivity index (χ1v) is 5.88. The van der Waals surface area contributed by atoms with Crippen molar-refractivity contribution in [3.63, 3.8) is 0 Å². The van der Waals surface area contributed by atoms with Crippen molar-refractivity contribution in [1.82, 2.24) is 4.37 Å². The lowest BCUT2D eigenvalue weighted by atomic mass is 9.99. The minimum atomic E-state index is -4.72. The summed E-state index contributed by atoms with van der Waals surface area (Å²) < 4.78 is 42.3. The predicted molar refractivity (Wildman–Crippen MR) is 63.7 cm³/mol. The number of phenolic OH excluding ortho intramolecular Hbond substituents is 1. The van der Waals surface area contributed by atoms with E-state index >= 15 is 0 Å². The van der Waals surface area contributed by atoms with Gasteiger partial charge in [0.1, 0.15) is 5.75 Å². The van der Waals surface area contributed by atoms with Crippen molar-refractivity contribution in [2.24, 2.45) is 0 Å². The Morgan fingerprint density at radius 1 is 1.32 bits per heavy atom. The van der Waals surface area contributed by atoms with E-state index in [2.05, 4.69) is 4.37 Å². The third kappa shape index (κ3) is 2.39. The topological polar surface area (TPSA) is 56.9 Å². The Kier molecular flexibility index (Phi) is 3.20. The molecule has 0 aliphatic carbocycles. The van der Waals surface area contributed by atoms with Crippen LogP contribution in [0.2, 0.25) is 0 Å². The number of aromatic hydroxyl groups is 1. The average molecular weight is 284 g/mol. The molecule has 0 bridgehead atoms. The van der Waals surface area contributed by atoms with Crippen LogP contribution in [0.5, 0.6) is 5.75 Å². The maximum atomic E-state index is 12.8. The van der Waals surface area contributed by atoms with Crippen molar-refractivity contribution in [2.45, 2.75) is 13.1 Å². The number of benzene rings is 1. The molecule has 98 valence electrons. The Bertz CT molecular complexity index is 671. The lowest BCUT2D eigenvalue weighted by Crippen LogP contribution is -2.06. The van der Waals surface area contributed by atoms with Crippen molar-refractivity contribution < 1.29 is 18.3 Å². The maximum Gasteiger partial charge on any atom is 0.420 e. The van der Waals surface area contributed by atoms with Crippen LogP contribution >= 0.6 is 11.5 Å². The molecule has 2 rings (SSSR count). The molecule has 0 saturated carbocycles. The molecule has 0 spiro atoms. The van der Waals surface area contributed by atoms with Gasteiger partial charge in [-0.1, -0.05) is 0 Å². The minimum absolute atomic E-state index is 0.0300. The number of halogens is 3. The fourth-order valence-corrected chi connectivity index (χ4v) is 2.26. The van der Waals surface area contributed by atoms with E-state index in [1.807, 2.05) is 0 Å². The van der Waals surface area contributed by atoms with Gasteiger partial charge >= 0.3 is 6.18 Å². The van der Waals surface area contributed by atoms with Gasteiger partial charge < -0.3 is 5.11 Å². The van der Waals surface area contributed by atoms with Gasteiger partial charge in [0.05, 0.1) is 17.2 Å². The van der Waals surface area contributed by atoms with Crippen molar-refractivity contribution in [1.29, 1.82) is 5.26 Å². The highest BCUT2D eigenvalue weighted by molar-refractivity contribution is 7.06. The number of alkyl halides is 3. The van der Waals surface area contributed by atoms with E-state index in [0.29, 0.717) is 16.5 Å². The second kappa shape index (κ2) is 4.55. The Labute approximate surface area is 110 Å². The summed E-state index contributed by atoms with van der Waals surface area (Å²) in [5.74, 6) is -0.880. The first-order chi connectivity index (χ1) is 8.84. The fourth-order valence-electron chi connectivity index (χ4n) is 1.68. The number of nitriles is 1. The highest BCUT2D eigenvalue weighted by atomic mass is 32.1. The molecule has 0 atom stereocenters. The van der Waals surface area contributed by atoms with Crippen LogP contribution in [-0.4, -0.2) is 9.48 Å². The van der Waals surface area contributed by atoms with Gasteiger partial charge in [0, 0.05) is 22.2 Å². The van der Waals surface area contributed by atoms with Crippen molar-refractivity contribution in [2.75, 3.05) is 0 Å². The summed E-state index contributed by atoms with van der Waals surface area (Å²) in [5.41, 5.74) is -1.01. The van der Waals surface area contributed by atoms with Gasteiger partial charge in [-0.2, -0.15) is 18.4 Å². The Morgan fingerprint density at radius 2 is 2.00 bits per heavy atom. The first-order valence-electron chi connectivity index (χ1n) is 5.10. The van der Waals surface area contributed by atoms with E-state index in [1.165, 1.54) is 12.3 Å². The molecular weight excluding hydrogens is 277 g/mol. The number of hydrogen-bond acceptors (Lipinski definition) is 4. The molecule has 7 heteroatoms. The molecule has 0 saturated heterocycles. The zero-order valence-electron chi connectivity index (χ0n) is 9.62. The summed E-state index contributed by atoms with van der Waals surface area (Å²) in [4.78, 5) is 0.665. The van der Waals surface area contributed by atoms with Crippen LogP contribution in [0.4, 0.5) is 13.2 Å². The molecule has 0 aliphatic rings. The maximum absolute atomic E-state index is 12.8. The molecule has 3 nitrogen and oxygen atoms in total. The highest BCUT2D eigenvalue weighted by Gasteiger charge is 2.35. The number of aryl methyl sites for hydroxylation is 1. The van der Waals surface area contributed by atoms with E-state index in [9.17, 15) is 18.3 Å². The predicted octanol–water partition coefficient (Wildman–Crippen LogP) is 3.71. The molecule has 0 unspecified atom stereocenters. The molecule has 2 aromatic rings. The molecule has 19 heavy (non-hydrogen) atoms. The summed E-state index contributed by atoms with van der Waals surface area (Å²) >= 11 is 1.11. The second-order valence-corrected chi connectivity index (χ2v) is 4.83. The molecule has 1 N–H and O–H groups in total. The van der Waals surface area contributed by atoms with Gasteiger partial charge in [0.15, 0.2) is 0 Å². The number of aromatic nitrogens is 1. The number of hydrogen-bond donors (Lipinski definition) is 1. The molecule has 0 aliphatic heterocycles. The van der Waals surface area contributed by atoms with Crippen LogP contribution in [0.15, 0.2) is 18.3 Å². The summed E-state index contributed by atoms with van der Waals surface area (Å²) in [6.45, 7) is 1.68. The third-order valence-corrected chi connectivity index (χ3v) is 3.29. The third-order valence-electron chi connectivity index (χ3n) is 2.59. The minimum Gasteiger partial charge on any atom is -0.507 e. The van der Waals surface area contributed by atoms with Gasteiger partial charge in [-0.3, -0.25) is 0 Å². The number of phenols is 1. The van der Waals surface area contributed by atoms with Crippen molar-refractivity contribution in [3.05, 3.63) is 34.3 Å². The lowest BCUT2D eigenvalue weighted by molar-refractivity contribution is -0.138. The summed E-state index contributed by atoms with van der Waals surface area (Å²) in [6, 6.07) is 3.52. The summed E-state index contributed by atoms with van der Waals surface area (Å²) in [5, 5.41) is 18.6. The monoisotopic (exact) mass is 284 g/mol. The number of rotatable bonds is 1. The van der Waals surface area contributed by atoms with Crippen LogP contribution in [0, 0.1) is 18.3 Å². The van der Waals surface area contributed by atoms with Crippen LogP contribution < -0.4 is 0 Å². The fraction of sp³-hybridized carbons (Fsp3) is 0.167. The quantitative estimate of drug-likeness (QED) is 0.868. The lowest BCUT2D eigenvalue weighted by Gasteiger charge is -2.13. The largest absolute Gasteiger partial charge is 0.507 e. The van der Waals surface area contributed by atoms with E-state index < -0.39 is 17.5 Å². The number of nitrogens with zero attached hydrogens (tertiary/aromatic N) is 2. The molecule has 1 aromatic heterocycles. The van der Waals surface area contributed by atoms with Gasteiger partial charge in [-0.15, -0.1) is 0 Å². The highest BCUT2D eigenvalue weighted by Crippen LogP contribution is 2.43. The van der Waals surface area contributed by atoms with E-state index in [1.54, 1.807) is 13.0 Å². The normalized spacial score (nSPS) is 11.3. The molecule has 0 amide bonds. The smallest absolute Gasteiger partial charge is 0.420 e. The van der Waals surface area contributed by atoms with Crippen LogP contribution in [0.1, 0.15) is 16.0 Å². The van der Waals surface area contributed by atoms with E-state index in [0.717, 1.165) is 11.5 Å².